The summed E-state index contributed by atoms with van der Waals surface area (Å²) in [5, 5.41) is 19.7. The van der Waals surface area contributed by atoms with Crippen molar-refractivity contribution < 1.29 is 29.2 Å². The lowest BCUT2D eigenvalue weighted by molar-refractivity contribution is -0.137. The molecule has 1 heterocycles. The summed E-state index contributed by atoms with van der Waals surface area (Å²) in [6.45, 7) is 0. The van der Waals surface area contributed by atoms with Crippen LogP contribution in [-0.4, -0.2) is 30.4 Å². The Hall–Kier alpha value is -2.89. The molecule has 1 aliphatic rings. The van der Waals surface area contributed by atoms with E-state index in [2.05, 4.69) is 0 Å². The predicted octanol–water partition coefficient (Wildman–Crippen LogP) is 2.36. The van der Waals surface area contributed by atoms with E-state index in [0.717, 1.165) is 0 Å². The summed E-state index contributed by atoms with van der Waals surface area (Å²) in [7, 11) is 2.93. The minimum absolute atomic E-state index is 0.00888. The molecule has 2 aromatic carbocycles. The van der Waals surface area contributed by atoms with E-state index in [9.17, 15) is 15.0 Å². The van der Waals surface area contributed by atoms with E-state index in [1.165, 1.54) is 32.4 Å². The van der Waals surface area contributed by atoms with Gasteiger partial charge >= 0.3 is 5.97 Å². The first kappa shape index (κ1) is 15.0. The number of rotatable bonds is 3. The maximum Gasteiger partial charge on any atom is 0.319 e. The standard InChI is InChI=1S/C17H16O6/c1-21-10-6-14(19)13-8-12(17(20)23-16(13)7-10)11-4-3-9(18)5-15(11)22-2/h3-7,12,18-19H,8H2,1-2H3. The number of methoxy groups -OCH3 is 2. The van der Waals surface area contributed by atoms with Crippen LogP contribution in [0.25, 0.3) is 0 Å². The van der Waals surface area contributed by atoms with Crippen molar-refractivity contribution in [1.29, 1.82) is 0 Å². The third-order valence-corrected chi connectivity index (χ3v) is 3.89. The Morgan fingerprint density at radius 3 is 2.61 bits per heavy atom. The van der Waals surface area contributed by atoms with Crippen molar-refractivity contribution in [3.63, 3.8) is 0 Å². The van der Waals surface area contributed by atoms with Gasteiger partial charge in [0, 0.05) is 29.3 Å². The van der Waals surface area contributed by atoms with Gasteiger partial charge in [0.1, 0.15) is 28.7 Å². The van der Waals surface area contributed by atoms with Crippen molar-refractivity contribution in [2.45, 2.75) is 12.3 Å². The van der Waals surface area contributed by atoms with Crippen LogP contribution in [0.5, 0.6) is 28.7 Å². The summed E-state index contributed by atoms with van der Waals surface area (Å²) >= 11 is 0. The Labute approximate surface area is 132 Å². The monoisotopic (exact) mass is 316 g/mol. The number of carbonyl (C=O) groups excluding carboxylic acids is 1. The van der Waals surface area contributed by atoms with E-state index in [-0.39, 0.29) is 17.9 Å². The highest BCUT2D eigenvalue weighted by Crippen LogP contribution is 2.43. The van der Waals surface area contributed by atoms with Gasteiger partial charge in [-0.05, 0) is 12.5 Å². The Bertz CT molecular complexity index is 768. The zero-order chi connectivity index (χ0) is 16.6. The van der Waals surface area contributed by atoms with E-state index in [1.54, 1.807) is 12.1 Å². The number of phenolic OH excluding ortho intramolecular Hbond substituents is 2. The van der Waals surface area contributed by atoms with Crippen LogP contribution in [0.3, 0.4) is 0 Å². The van der Waals surface area contributed by atoms with Crippen LogP contribution >= 0.6 is 0 Å². The van der Waals surface area contributed by atoms with E-state index in [0.29, 0.717) is 28.4 Å². The molecule has 0 spiro atoms. The lowest BCUT2D eigenvalue weighted by atomic mass is 9.88. The molecule has 1 unspecified atom stereocenters. The molecule has 2 aromatic rings. The van der Waals surface area contributed by atoms with Crippen LogP contribution in [0.4, 0.5) is 0 Å². The molecule has 23 heavy (non-hydrogen) atoms. The average molecular weight is 316 g/mol. The molecule has 1 aliphatic heterocycles. The van der Waals surface area contributed by atoms with Crippen molar-refractivity contribution in [2.24, 2.45) is 0 Å². The van der Waals surface area contributed by atoms with Crippen LogP contribution in [-0.2, 0) is 11.2 Å². The normalized spacial score (nSPS) is 16.4. The highest BCUT2D eigenvalue weighted by atomic mass is 16.5. The Kier molecular flexibility index (Phi) is 3.73. The van der Waals surface area contributed by atoms with Crippen molar-refractivity contribution in [3.05, 3.63) is 41.5 Å². The molecule has 6 heteroatoms. The predicted molar refractivity (Wildman–Crippen MR) is 81.4 cm³/mol. The molecule has 120 valence electrons. The summed E-state index contributed by atoms with van der Waals surface area (Å²) in [5.74, 6) is 0.0720. The van der Waals surface area contributed by atoms with Crippen molar-refractivity contribution in [1.82, 2.24) is 0 Å². The lowest BCUT2D eigenvalue weighted by Crippen LogP contribution is -2.26. The Morgan fingerprint density at radius 1 is 1.13 bits per heavy atom. The number of esters is 1. The van der Waals surface area contributed by atoms with Gasteiger partial charge in [-0.3, -0.25) is 4.79 Å². The molecule has 6 nitrogen and oxygen atoms in total. The van der Waals surface area contributed by atoms with Gasteiger partial charge in [0.15, 0.2) is 0 Å². The van der Waals surface area contributed by atoms with E-state index in [1.807, 2.05) is 0 Å². The second-order valence-electron chi connectivity index (χ2n) is 5.23. The highest BCUT2D eigenvalue weighted by molar-refractivity contribution is 5.84. The molecule has 1 atom stereocenters. The number of aromatic hydroxyl groups is 2. The molecule has 0 fully saturated rings. The first-order valence-corrected chi connectivity index (χ1v) is 7.02. The third-order valence-electron chi connectivity index (χ3n) is 3.89. The number of hydrogen-bond donors (Lipinski definition) is 2. The fourth-order valence-corrected chi connectivity index (χ4v) is 2.71. The SMILES string of the molecule is COc1cc(O)c2c(c1)OC(=O)C(c1ccc(O)cc1OC)C2. The minimum atomic E-state index is -0.627. The summed E-state index contributed by atoms with van der Waals surface area (Å²) in [5.41, 5.74) is 1.13. The molecule has 0 bridgehead atoms. The van der Waals surface area contributed by atoms with E-state index < -0.39 is 11.9 Å². The van der Waals surface area contributed by atoms with Crippen LogP contribution in [0, 0.1) is 0 Å². The van der Waals surface area contributed by atoms with Gasteiger partial charge in [-0.15, -0.1) is 0 Å². The molecule has 0 aliphatic carbocycles. The summed E-state index contributed by atoms with van der Waals surface area (Å²) < 4.78 is 15.6. The third kappa shape index (κ3) is 2.63. The molecule has 0 saturated heterocycles. The number of carbonyl (C=O) groups is 1. The quantitative estimate of drug-likeness (QED) is 0.668. The number of hydrogen-bond acceptors (Lipinski definition) is 6. The summed E-state index contributed by atoms with van der Waals surface area (Å²) in [6.07, 6.45) is 0.269. The second kappa shape index (κ2) is 5.72. The maximum absolute atomic E-state index is 12.4. The Balaban J connectivity index is 2.03. The van der Waals surface area contributed by atoms with E-state index >= 15 is 0 Å². The zero-order valence-corrected chi connectivity index (χ0v) is 12.7. The van der Waals surface area contributed by atoms with Gasteiger partial charge in [0.25, 0.3) is 0 Å². The topological polar surface area (TPSA) is 85.2 Å². The summed E-state index contributed by atoms with van der Waals surface area (Å²) in [4.78, 5) is 12.4. The maximum atomic E-state index is 12.4. The fraction of sp³-hybridized carbons (Fsp3) is 0.235. The minimum Gasteiger partial charge on any atom is -0.508 e. The van der Waals surface area contributed by atoms with Crippen molar-refractivity contribution >= 4 is 5.97 Å². The molecule has 3 rings (SSSR count). The lowest BCUT2D eigenvalue weighted by Gasteiger charge is -2.25. The molecule has 0 aromatic heterocycles. The first-order valence-electron chi connectivity index (χ1n) is 7.02. The first-order chi connectivity index (χ1) is 11.0. The molecule has 2 N–H and O–H groups in total. The van der Waals surface area contributed by atoms with Gasteiger partial charge < -0.3 is 24.4 Å². The van der Waals surface area contributed by atoms with Crippen molar-refractivity contribution in [2.75, 3.05) is 14.2 Å². The molecular weight excluding hydrogens is 300 g/mol. The van der Waals surface area contributed by atoms with Crippen LogP contribution in [0.15, 0.2) is 30.3 Å². The smallest absolute Gasteiger partial charge is 0.319 e. The van der Waals surface area contributed by atoms with Crippen LogP contribution in [0.1, 0.15) is 17.0 Å². The number of fused-ring (bicyclic) bond motifs is 1. The average Bonchev–Trinajstić information content (AvgIpc) is 2.54. The second-order valence-corrected chi connectivity index (χ2v) is 5.23. The van der Waals surface area contributed by atoms with Gasteiger partial charge in [-0.2, -0.15) is 0 Å². The van der Waals surface area contributed by atoms with Crippen molar-refractivity contribution in [3.8, 4) is 28.7 Å². The molecule has 0 radical (unpaired) electrons. The molecule has 0 saturated carbocycles. The fourth-order valence-electron chi connectivity index (χ4n) is 2.71. The highest BCUT2D eigenvalue weighted by Gasteiger charge is 2.34. The Morgan fingerprint density at radius 2 is 1.91 bits per heavy atom. The molecule has 0 amide bonds. The van der Waals surface area contributed by atoms with Gasteiger partial charge in [-0.25, -0.2) is 0 Å². The van der Waals surface area contributed by atoms with Gasteiger partial charge in [-0.1, -0.05) is 6.07 Å². The van der Waals surface area contributed by atoms with E-state index in [4.69, 9.17) is 14.2 Å². The number of benzene rings is 2. The summed E-state index contributed by atoms with van der Waals surface area (Å²) in [6, 6.07) is 7.58. The number of phenols is 2. The number of ether oxygens (including phenoxy) is 3. The molecular formula is C17H16O6. The van der Waals surface area contributed by atoms with Crippen LogP contribution in [0.2, 0.25) is 0 Å². The van der Waals surface area contributed by atoms with Gasteiger partial charge in [0.05, 0.1) is 20.1 Å². The van der Waals surface area contributed by atoms with Gasteiger partial charge in [0.2, 0.25) is 0 Å². The zero-order valence-electron chi connectivity index (χ0n) is 12.7. The largest absolute Gasteiger partial charge is 0.508 e. The van der Waals surface area contributed by atoms with Crippen LogP contribution < -0.4 is 14.2 Å².